The summed E-state index contributed by atoms with van der Waals surface area (Å²) in [6, 6.07) is 8.03. The molecule has 0 saturated heterocycles. The number of halogens is 1. The van der Waals surface area contributed by atoms with Gasteiger partial charge in [0.2, 0.25) is 5.91 Å². The number of rotatable bonds is 5. The Balaban J connectivity index is 1.79. The zero-order valence-corrected chi connectivity index (χ0v) is 12.9. The quantitative estimate of drug-likeness (QED) is 0.563. The molecule has 0 aliphatic heterocycles. The molecule has 0 aliphatic rings. The molecule has 2 heterocycles. The Hall–Kier alpha value is -3.20. The van der Waals surface area contributed by atoms with E-state index in [-0.39, 0.29) is 12.4 Å². The fourth-order valence-electron chi connectivity index (χ4n) is 2.12. The topological polar surface area (TPSA) is 108 Å². The Kier molecular flexibility index (Phi) is 4.25. The van der Waals surface area contributed by atoms with E-state index in [9.17, 15) is 14.9 Å². The minimum absolute atomic E-state index is 0.168. The average Bonchev–Trinajstić information content (AvgIpc) is 3.18. The van der Waals surface area contributed by atoms with Gasteiger partial charge in [0.25, 0.3) is 0 Å². The molecule has 1 aromatic carbocycles. The van der Waals surface area contributed by atoms with Gasteiger partial charge in [-0.1, -0.05) is 17.7 Å². The summed E-state index contributed by atoms with van der Waals surface area (Å²) in [5.41, 5.74) is 1.00. The van der Waals surface area contributed by atoms with Gasteiger partial charge >= 0.3 is 5.82 Å². The van der Waals surface area contributed by atoms with Gasteiger partial charge in [-0.2, -0.15) is 9.78 Å². The first kappa shape index (κ1) is 15.7. The lowest BCUT2D eigenvalue weighted by Crippen LogP contribution is -2.20. The highest BCUT2D eigenvalue weighted by molar-refractivity contribution is 6.33. The summed E-state index contributed by atoms with van der Waals surface area (Å²) < 4.78 is 2.72. The maximum Gasteiger partial charge on any atom is 0.389 e. The first-order chi connectivity index (χ1) is 11.5. The molecule has 0 saturated carbocycles. The van der Waals surface area contributed by atoms with Crippen molar-refractivity contribution in [2.45, 2.75) is 6.54 Å². The molecule has 0 radical (unpaired) electrons. The van der Waals surface area contributed by atoms with Crippen molar-refractivity contribution < 1.29 is 9.72 Å². The number of nitrogens with one attached hydrogen (secondary N) is 1. The van der Waals surface area contributed by atoms with Crippen molar-refractivity contribution >= 4 is 29.0 Å². The predicted octanol–water partition coefficient (Wildman–Crippen LogP) is 2.27. The van der Waals surface area contributed by atoms with Crippen molar-refractivity contribution in [3.8, 4) is 5.69 Å². The van der Waals surface area contributed by atoms with Crippen LogP contribution in [0.4, 0.5) is 11.5 Å². The van der Waals surface area contributed by atoms with E-state index in [1.54, 1.807) is 36.7 Å². The number of hydrogen-bond donors (Lipinski definition) is 1. The van der Waals surface area contributed by atoms with Gasteiger partial charge in [-0.15, -0.1) is 0 Å². The van der Waals surface area contributed by atoms with Crippen molar-refractivity contribution in [2.75, 3.05) is 5.32 Å². The molecule has 1 amide bonds. The number of para-hydroxylation sites is 1. The molecule has 0 aliphatic carbocycles. The number of amides is 1. The minimum Gasteiger partial charge on any atom is -0.358 e. The molecular weight excluding hydrogens is 336 g/mol. The van der Waals surface area contributed by atoms with Gasteiger partial charge in [0.15, 0.2) is 0 Å². The van der Waals surface area contributed by atoms with Gasteiger partial charge in [0.05, 0.1) is 28.1 Å². The largest absolute Gasteiger partial charge is 0.389 e. The van der Waals surface area contributed by atoms with Gasteiger partial charge in [-0.05, 0) is 23.1 Å². The van der Waals surface area contributed by atoms with E-state index in [0.29, 0.717) is 16.4 Å². The van der Waals surface area contributed by atoms with Crippen LogP contribution < -0.4 is 5.32 Å². The second-order valence-electron chi connectivity index (χ2n) is 4.76. The molecule has 0 unspecified atom stereocenters. The van der Waals surface area contributed by atoms with Crippen LogP contribution in [0.25, 0.3) is 5.69 Å². The van der Waals surface area contributed by atoms with Crippen molar-refractivity contribution in [3.05, 3.63) is 64.1 Å². The third kappa shape index (κ3) is 3.25. The Morgan fingerprint density at radius 3 is 2.79 bits per heavy atom. The highest BCUT2D eigenvalue weighted by atomic mass is 35.5. The van der Waals surface area contributed by atoms with Crippen molar-refractivity contribution in [2.24, 2.45) is 0 Å². The number of anilines is 1. The van der Waals surface area contributed by atoms with E-state index in [1.165, 1.54) is 21.6 Å². The van der Waals surface area contributed by atoms with E-state index in [4.69, 9.17) is 11.6 Å². The van der Waals surface area contributed by atoms with Crippen molar-refractivity contribution in [3.63, 3.8) is 0 Å². The number of benzene rings is 1. The molecule has 24 heavy (non-hydrogen) atoms. The Labute approximate surface area is 140 Å². The van der Waals surface area contributed by atoms with Crippen LogP contribution in [-0.4, -0.2) is 30.4 Å². The van der Waals surface area contributed by atoms with Crippen LogP contribution in [0.5, 0.6) is 0 Å². The molecule has 2 aromatic heterocycles. The molecule has 1 N–H and O–H groups in total. The molecule has 0 atom stereocenters. The van der Waals surface area contributed by atoms with Crippen molar-refractivity contribution in [1.82, 2.24) is 19.6 Å². The SMILES string of the molecule is O=C(Cn1ccc([N+](=O)[O-])n1)Nc1cccc(Cl)c1-n1cccn1. The molecule has 10 heteroatoms. The Morgan fingerprint density at radius 1 is 1.29 bits per heavy atom. The summed E-state index contributed by atoms with van der Waals surface area (Å²) in [4.78, 5) is 22.2. The van der Waals surface area contributed by atoms with Gasteiger partial charge in [0, 0.05) is 12.4 Å². The second-order valence-corrected chi connectivity index (χ2v) is 5.17. The molecule has 0 fully saturated rings. The predicted molar refractivity (Wildman–Crippen MR) is 86.1 cm³/mol. The fraction of sp³-hybridized carbons (Fsp3) is 0.0714. The van der Waals surface area contributed by atoms with E-state index in [0.717, 1.165) is 0 Å². The van der Waals surface area contributed by atoms with Crippen LogP contribution in [0.2, 0.25) is 5.02 Å². The van der Waals surface area contributed by atoms with Crippen LogP contribution in [0.15, 0.2) is 48.9 Å². The van der Waals surface area contributed by atoms with Crippen LogP contribution in [0.1, 0.15) is 0 Å². The lowest BCUT2D eigenvalue weighted by atomic mass is 10.2. The van der Waals surface area contributed by atoms with E-state index in [1.807, 2.05) is 0 Å². The smallest absolute Gasteiger partial charge is 0.358 e. The third-order valence-electron chi connectivity index (χ3n) is 3.11. The number of aromatic nitrogens is 4. The highest BCUT2D eigenvalue weighted by Gasteiger charge is 2.16. The first-order valence-corrected chi connectivity index (χ1v) is 7.18. The number of carbonyl (C=O) groups is 1. The summed E-state index contributed by atoms with van der Waals surface area (Å²) in [6.07, 6.45) is 4.66. The Bertz CT molecular complexity index is 890. The maximum absolute atomic E-state index is 12.2. The molecule has 122 valence electrons. The van der Waals surface area contributed by atoms with Crippen LogP contribution in [0, 0.1) is 10.1 Å². The van der Waals surface area contributed by atoms with E-state index < -0.39 is 10.8 Å². The number of hydrogen-bond acceptors (Lipinski definition) is 5. The monoisotopic (exact) mass is 346 g/mol. The molecule has 0 spiro atoms. The van der Waals surface area contributed by atoms with Crippen LogP contribution in [-0.2, 0) is 11.3 Å². The van der Waals surface area contributed by atoms with Crippen LogP contribution in [0.3, 0.4) is 0 Å². The summed E-state index contributed by atoms with van der Waals surface area (Å²) in [5, 5.41) is 21.5. The summed E-state index contributed by atoms with van der Waals surface area (Å²) in [6.45, 7) is -0.168. The summed E-state index contributed by atoms with van der Waals surface area (Å²) >= 11 is 6.20. The zero-order valence-electron chi connectivity index (χ0n) is 12.2. The number of carbonyl (C=O) groups excluding carboxylic acids is 1. The van der Waals surface area contributed by atoms with Crippen molar-refractivity contribution in [1.29, 1.82) is 0 Å². The van der Waals surface area contributed by atoms with Crippen LogP contribution >= 0.6 is 11.6 Å². The molecule has 3 aromatic rings. The first-order valence-electron chi connectivity index (χ1n) is 6.81. The standard InChI is InChI=1S/C14H11ClN6O3/c15-10-3-1-4-11(14(10)20-7-2-6-16-20)17-13(22)9-19-8-5-12(18-19)21(23)24/h1-8H,9H2,(H,17,22). The van der Waals surface area contributed by atoms with Gasteiger partial charge < -0.3 is 15.4 Å². The zero-order chi connectivity index (χ0) is 17.1. The summed E-state index contributed by atoms with van der Waals surface area (Å²) in [5.74, 6) is -0.716. The minimum atomic E-state index is -0.624. The number of nitro groups is 1. The fourth-order valence-corrected chi connectivity index (χ4v) is 2.38. The lowest BCUT2D eigenvalue weighted by molar-refractivity contribution is -0.389. The lowest BCUT2D eigenvalue weighted by Gasteiger charge is -2.12. The Morgan fingerprint density at radius 2 is 2.12 bits per heavy atom. The van der Waals surface area contributed by atoms with E-state index >= 15 is 0 Å². The molecule has 0 bridgehead atoms. The molecular formula is C14H11ClN6O3. The number of nitrogens with zero attached hydrogens (tertiary/aromatic N) is 5. The van der Waals surface area contributed by atoms with Gasteiger partial charge in [-0.3, -0.25) is 4.79 Å². The molecule has 9 nitrogen and oxygen atoms in total. The maximum atomic E-state index is 12.2. The average molecular weight is 347 g/mol. The molecule has 3 rings (SSSR count). The highest BCUT2D eigenvalue weighted by Crippen LogP contribution is 2.27. The van der Waals surface area contributed by atoms with Gasteiger partial charge in [0.1, 0.15) is 12.2 Å². The second kappa shape index (κ2) is 6.50. The van der Waals surface area contributed by atoms with Gasteiger partial charge in [-0.25, -0.2) is 4.68 Å². The van der Waals surface area contributed by atoms with E-state index in [2.05, 4.69) is 15.5 Å². The normalized spacial score (nSPS) is 10.5. The third-order valence-corrected chi connectivity index (χ3v) is 3.42. The summed E-state index contributed by atoms with van der Waals surface area (Å²) in [7, 11) is 0.